The molecule has 0 bridgehead atoms. The summed E-state index contributed by atoms with van der Waals surface area (Å²) in [5.74, 6) is 1.45. The summed E-state index contributed by atoms with van der Waals surface area (Å²) in [6, 6.07) is 1.76. The van der Waals surface area contributed by atoms with Gasteiger partial charge in [-0.25, -0.2) is 12.7 Å². The van der Waals surface area contributed by atoms with Crippen LogP contribution in [0.3, 0.4) is 0 Å². The molecule has 0 saturated carbocycles. The Labute approximate surface area is 83.0 Å². The molecule has 1 atom stereocenters. The van der Waals surface area contributed by atoms with Crippen LogP contribution in [0.5, 0.6) is 0 Å². The highest BCUT2D eigenvalue weighted by molar-refractivity contribution is 7.99. The fourth-order valence-corrected chi connectivity index (χ4v) is 3.58. The van der Waals surface area contributed by atoms with Crippen LogP contribution in [-0.2, 0) is 10.0 Å². The van der Waals surface area contributed by atoms with Gasteiger partial charge in [0.15, 0.2) is 5.75 Å². The molecule has 0 amide bonds. The second-order valence-corrected chi connectivity index (χ2v) is 6.13. The molecule has 1 rings (SSSR count). The lowest BCUT2D eigenvalue weighted by Crippen LogP contribution is -2.38. The first kappa shape index (κ1) is 10.8. The fraction of sp³-hybridized carbons (Fsp3) is 0.857. The molecule has 13 heavy (non-hydrogen) atoms. The molecular formula is C7H12N2O2S2. The van der Waals surface area contributed by atoms with Gasteiger partial charge in [-0.15, -0.1) is 0 Å². The van der Waals surface area contributed by atoms with Crippen molar-refractivity contribution in [1.29, 1.82) is 5.26 Å². The number of sulfonamides is 1. The van der Waals surface area contributed by atoms with E-state index in [2.05, 4.69) is 0 Å². The minimum Gasteiger partial charge on any atom is -0.211 e. The van der Waals surface area contributed by atoms with E-state index in [1.165, 1.54) is 4.31 Å². The number of hydrogen-bond donors (Lipinski definition) is 0. The first-order chi connectivity index (χ1) is 6.08. The maximum Gasteiger partial charge on any atom is 0.227 e. The van der Waals surface area contributed by atoms with E-state index in [0.717, 1.165) is 17.9 Å². The molecular weight excluding hydrogens is 208 g/mol. The van der Waals surface area contributed by atoms with E-state index in [0.29, 0.717) is 0 Å². The smallest absolute Gasteiger partial charge is 0.211 e. The van der Waals surface area contributed by atoms with Gasteiger partial charge < -0.3 is 0 Å². The molecule has 0 radical (unpaired) electrons. The van der Waals surface area contributed by atoms with Gasteiger partial charge in [0.25, 0.3) is 0 Å². The second-order valence-electron chi connectivity index (χ2n) is 2.95. The summed E-state index contributed by atoms with van der Waals surface area (Å²) >= 11 is 1.76. The Bertz CT molecular complexity index is 301. The lowest BCUT2D eigenvalue weighted by atomic mass is 10.3. The largest absolute Gasteiger partial charge is 0.227 e. The third-order valence-electron chi connectivity index (χ3n) is 2.11. The predicted molar refractivity (Wildman–Crippen MR) is 52.9 cm³/mol. The van der Waals surface area contributed by atoms with Crippen LogP contribution in [0.4, 0.5) is 0 Å². The Kier molecular flexibility index (Phi) is 3.59. The molecule has 1 aliphatic rings. The first-order valence-corrected chi connectivity index (χ1v) is 6.74. The molecule has 74 valence electrons. The molecule has 6 heteroatoms. The van der Waals surface area contributed by atoms with Gasteiger partial charge in [0, 0.05) is 18.8 Å². The third kappa shape index (κ3) is 2.59. The van der Waals surface area contributed by atoms with Crippen molar-refractivity contribution in [2.24, 2.45) is 0 Å². The van der Waals surface area contributed by atoms with Crippen molar-refractivity contribution in [1.82, 2.24) is 4.31 Å². The Morgan fingerprint density at radius 2 is 2.38 bits per heavy atom. The summed E-state index contributed by atoms with van der Waals surface area (Å²) < 4.78 is 24.2. The Hall–Kier alpha value is -0.250. The van der Waals surface area contributed by atoms with Crippen molar-refractivity contribution >= 4 is 21.8 Å². The number of hydrogen-bond acceptors (Lipinski definition) is 4. The molecule has 0 aromatic rings. The highest BCUT2D eigenvalue weighted by atomic mass is 32.2. The Balaban J connectivity index is 2.66. The van der Waals surface area contributed by atoms with E-state index in [-0.39, 0.29) is 6.04 Å². The summed E-state index contributed by atoms with van der Waals surface area (Å²) in [4.78, 5) is 0. The highest BCUT2D eigenvalue weighted by Crippen LogP contribution is 2.23. The van der Waals surface area contributed by atoms with Gasteiger partial charge in [-0.3, -0.25) is 0 Å². The minimum atomic E-state index is -3.33. The van der Waals surface area contributed by atoms with Crippen LogP contribution in [0, 0.1) is 11.3 Å². The van der Waals surface area contributed by atoms with Gasteiger partial charge in [0.2, 0.25) is 10.0 Å². The van der Waals surface area contributed by atoms with E-state index < -0.39 is 15.8 Å². The van der Waals surface area contributed by atoms with E-state index in [9.17, 15) is 8.42 Å². The van der Waals surface area contributed by atoms with Crippen LogP contribution in [0.1, 0.15) is 6.42 Å². The average Bonchev–Trinajstić information content (AvgIpc) is 2.54. The first-order valence-electron chi connectivity index (χ1n) is 3.98. The van der Waals surface area contributed by atoms with Crippen LogP contribution >= 0.6 is 11.8 Å². The molecule has 1 heterocycles. The van der Waals surface area contributed by atoms with E-state index in [1.54, 1.807) is 24.9 Å². The molecule has 0 aromatic carbocycles. The van der Waals surface area contributed by atoms with Crippen LogP contribution in [-0.4, -0.2) is 43.1 Å². The summed E-state index contributed by atoms with van der Waals surface area (Å²) in [5, 5.41) is 8.33. The standard InChI is InChI=1S/C7H12N2O2S2/c1-9(7-2-4-12-6-7)13(10,11)5-3-8/h7H,2,4-6H2,1H3. The summed E-state index contributed by atoms with van der Waals surface area (Å²) in [6.45, 7) is 0. The molecule has 4 nitrogen and oxygen atoms in total. The van der Waals surface area contributed by atoms with Crippen LogP contribution < -0.4 is 0 Å². The lowest BCUT2D eigenvalue weighted by Gasteiger charge is -2.21. The average molecular weight is 220 g/mol. The number of thioether (sulfide) groups is 1. The molecule has 1 saturated heterocycles. The molecule has 1 unspecified atom stereocenters. The zero-order valence-electron chi connectivity index (χ0n) is 7.43. The van der Waals surface area contributed by atoms with Crippen molar-refractivity contribution in [3.63, 3.8) is 0 Å². The van der Waals surface area contributed by atoms with Gasteiger partial charge in [-0.2, -0.15) is 17.0 Å². The SMILES string of the molecule is CN(C1CCSC1)S(=O)(=O)CC#N. The summed E-state index contributed by atoms with van der Waals surface area (Å²) in [6.07, 6.45) is 0.895. The molecule has 0 aromatic heterocycles. The van der Waals surface area contributed by atoms with Crippen LogP contribution in [0.2, 0.25) is 0 Å². The summed E-state index contributed by atoms with van der Waals surface area (Å²) in [5.41, 5.74) is 0. The van der Waals surface area contributed by atoms with E-state index >= 15 is 0 Å². The maximum absolute atomic E-state index is 11.4. The second kappa shape index (κ2) is 4.31. The van der Waals surface area contributed by atoms with Gasteiger partial charge in [0.1, 0.15) is 0 Å². The van der Waals surface area contributed by atoms with Crippen LogP contribution in [0.15, 0.2) is 0 Å². The molecule has 0 N–H and O–H groups in total. The van der Waals surface area contributed by atoms with Gasteiger partial charge in [-0.1, -0.05) is 0 Å². The Morgan fingerprint density at radius 1 is 1.69 bits per heavy atom. The molecule has 0 spiro atoms. The van der Waals surface area contributed by atoms with Crippen molar-refractivity contribution in [2.75, 3.05) is 24.3 Å². The number of nitriles is 1. The highest BCUT2D eigenvalue weighted by Gasteiger charge is 2.28. The number of rotatable bonds is 3. The van der Waals surface area contributed by atoms with Crippen molar-refractivity contribution in [2.45, 2.75) is 12.5 Å². The fourth-order valence-electron chi connectivity index (χ4n) is 1.22. The molecule has 1 fully saturated rings. The molecule has 0 aliphatic carbocycles. The van der Waals surface area contributed by atoms with Gasteiger partial charge in [0.05, 0.1) is 6.07 Å². The third-order valence-corrected chi connectivity index (χ3v) is 4.92. The topological polar surface area (TPSA) is 61.2 Å². The molecule has 1 aliphatic heterocycles. The zero-order chi connectivity index (χ0) is 9.90. The monoisotopic (exact) mass is 220 g/mol. The summed E-state index contributed by atoms with van der Waals surface area (Å²) in [7, 11) is -1.78. The van der Waals surface area contributed by atoms with E-state index in [4.69, 9.17) is 5.26 Å². The maximum atomic E-state index is 11.4. The van der Waals surface area contributed by atoms with Crippen molar-refractivity contribution in [3.05, 3.63) is 0 Å². The quantitative estimate of drug-likeness (QED) is 0.685. The van der Waals surface area contributed by atoms with Crippen molar-refractivity contribution in [3.8, 4) is 6.07 Å². The van der Waals surface area contributed by atoms with Crippen LogP contribution in [0.25, 0.3) is 0 Å². The number of nitrogens with zero attached hydrogens (tertiary/aromatic N) is 2. The zero-order valence-corrected chi connectivity index (χ0v) is 9.07. The van der Waals surface area contributed by atoms with Crippen molar-refractivity contribution < 1.29 is 8.42 Å². The van der Waals surface area contributed by atoms with Gasteiger partial charge >= 0.3 is 0 Å². The lowest BCUT2D eigenvalue weighted by molar-refractivity contribution is 0.396. The van der Waals surface area contributed by atoms with E-state index in [1.807, 2.05) is 0 Å². The Morgan fingerprint density at radius 3 is 2.85 bits per heavy atom. The normalized spacial score (nSPS) is 23.3. The van der Waals surface area contributed by atoms with Gasteiger partial charge in [-0.05, 0) is 12.2 Å². The predicted octanol–water partition coefficient (Wildman–Crippen LogP) is 0.277. The minimum absolute atomic E-state index is 0.0864.